The number of rotatable bonds is 3. The molecule has 1 heterocycles. The standard InChI is InChI=1S/C12H15F3N2O2/c1-4-17(6-12(13,14)15)11(19)9-7(2)5-8(3)16-10(9)18/h5H,4,6H2,1-3H3,(H,16,18). The van der Waals surface area contributed by atoms with Gasteiger partial charge in [-0.1, -0.05) is 0 Å². The Bertz CT molecular complexity index is 535. The van der Waals surface area contributed by atoms with E-state index in [-0.39, 0.29) is 12.1 Å². The SMILES string of the molecule is CCN(CC(F)(F)F)C(=O)c1c(C)cc(C)[nH]c1=O. The molecule has 0 fully saturated rings. The average molecular weight is 276 g/mol. The predicted octanol–water partition coefficient (Wildman–Crippen LogP) is 2.02. The lowest BCUT2D eigenvalue weighted by Crippen LogP contribution is -2.41. The third kappa shape index (κ3) is 3.84. The molecule has 1 amide bonds. The van der Waals surface area contributed by atoms with E-state index in [1.807, 2.05) is 0 Å². The Morgan fingerprint density at radius 3 is 2.37 bits per heavy atom. The first-order valence-corrected chi connectivity index (χ1v) is 5.72. The van der Waals surface area contributed by atoms with Gasteiger partial charge < -0.3 is 9.88 Å². The Labute approximate surface area is 108 Å². The molecule has 0 saturated heterocycles. The fourth-order valence-corrected chi connectivity index (χ4v) is 1.82. The van der Waals surface area contributed by atoms with Gasteiger partial charge in [0, 0.05) is 12.2 Å². The van der Waals surface area contributed by atoms with Crippen molar-refractivity contribution in [1.29, 1.82) is 0 Å². The highest BCUT2D eigenvalue weighted by molar-refractivity contribution is 5.95. The van der Waals surface area contributed by atoms with Crippen molar-refractivity contribution in [2.45, 2.75) is 26.9 Å². The van der Waals surface area contributed by atoms with E-state index in [0.717, 1.165) is 0 Å². The largest absolute Gasteiger partial charge is 0.406 e. The summed E-state index contributed by atoms with van der Waals surface area (Å²) in [6.45, 7) is 3.11. The van der Waals surface area contributed by atoms with Crippen molar-refractivity contribution in [3.05, 3.63) is 33.2 Å². The van der Waals surface area contributed by atoms with Crippen LogP contribution in [0.5, 0.6) is 0 Å². The maximum Gasteiger partial charge on any atom is 0.406 e. The maximum atomic E-state index is 12.4. The van der Waals surface area contributed by atoms with E-state index in [1.165, 1.54) is 13.8 Å². The van der Waals surface area contributed by atoms with Gasteiger partial charge in [-0.2, -0.15) is 13.2 Å². The second kappa shape index (κ2) is 5.46. The van der Waals surface area contributed by atoms with Gasteiger partial charge in [0.25, 0.3) is 11.5 Å². The Morgan fingerprint density at radius 1 is 1.37 bits per heavy atom. The lowest BCUT2D eigenvalue weighted by molar-refractivity contribution is -0.140. The molecule has 0 aliphatic heterocycles. The van der Waals surface area contributed by atoms with E-state index >= 15 is 0 Å². The van der Waals surface area contributed by atoms with Crippen molar-refractivity contribution in [3.63, 3.8) is 0 Å². The van der Waals surface area contributed by atoms with Crippen LogP contribution < -0.4 is 5.56 Å². The molecule has 4 nitrogen and oxygen atoms in total. The van der Waals surface area contributed by atoms with Crippen LogP contribution in [0.15, 0.2) is 10.9 Å². The summed E-state index contributed by atoms with van der Waals surface area (Å²) >= 11 is 0. The number of aromatic nitrogens is 1. The predicted molar refractivity (Wildman–Crippen MR) is 64.2 cm³/mol. The van der Waals surface area contributed by atoms with Crippen LogP contribution in [0.1, 0.15) is 28.5 Å². The van der Waals surface area contributed by atoms with Crippen molar-refractivity contribution < 1.29 is 18.0 Å². The number of aryl methyl sites for hydroxylation is 2. The third-order valence-corrected chi connectivity index (χ3v) is 2.62. The summed E-state index contributed by atoms with van der Waals surface area (Å²) < 4.78 is 37.1. The normalized spacial score (nSPS) is 11.5. The first-order valence-electron chi connectivity index (χ1n) is 5.72. The van der Waals surface area contributed by atoms with Gasteiger partial charge in [0.1, 0.15) is 12.1 Å². The highest BCUT2D eigenvalue weighted by atomic mass is 19.4. The molecule has 0 saturated carbocycles. The number of nitrogens with zero attached hydrogens (tertiary/aromatic N) is 1. The van der Waals surface area contributed by atoms with Gasteiger partial charge >= 0.3 is 6.18 Å². The van der Waals surface area contributed by atoms with Crippen LogP contribution >= 0.6 is 0 Å². The second-order valence-electron chi connectivity index (χ2n) is 4.27. The summed E-state index contributed by atoms with van der Waals surface area (Å²) in [4.78, 5) is 26.7. The maximum absolute atomic E-state index is 12.4. The average Bonchev–Trinajstić information content (AvgIpc) is 2.22. The molecule has 0 unspecified atom stereocenters. The monoisotopic (exact) mass is 276 g/mol. The Kier molecular flexibility index (Phi) is 4.39. The van der Waals surface area contributed by atoms with Gasteiger partial charge in [-0.05, 0) is 32.4 Å². The fraction of sp³-hybridized carbons (Fsp3) is 0.500. The molecule has 0 atom stereocenters. The number of alkyl halides is 3. The number of H-pyrrole nitrogens is 1. The van der Waals surface area contributed by atoms with E-state index in [2.05, 4.69) is 4.98 Å². The van der Waals surface area contributed by atoms with Crippen molar-refractivity contribution in [2.24, 2.45) is 0 Å². The molecule has 1 rings (SSSR count). The van der Waals surface area contributed by atoms with Gasteiger partial charge in [0.05, 0.1) is 0 Å². The number of pyridine rings is 1. The number of carbonyl (C=O) groups is 1. The van der Waals surface area contributed by atoms with E-state index in [4.69, 9.17) is 0 Å². The topological polar surface area (TPSA) is 53.2 Å². The molecule has 0 spiro atoms. The van der Waals surface area contributed by atoms with Gasteiger partial charge in [0.2, 0.25) is 0 Å². The first kappa shape index (κ1) is 15.3. The van der Waals surface area contributed by atoms with Crippen LogP contribution in [0, 0.1) is 13.8 Å². The molecule has 106 valence electrons. The van der Waals surface area contributed by atoms with Crippen molar-refractivity contribution in [2.75, 3.05) is 13.1 Å². The molecule has 1 aromatic heterocycles. The zero-order valence-electron chi connectivity index (χ0n) is 10.9. The van der Waals surface area contributed by atoms with Gasteiger partial charge in [0.15, 0.2) is 0 Å². The molecule has 0 aromatic carbocycles. The molecule has 1 aromatic rings. The van der Waals surface area contributed by atoms with Crippen molar-refractivity contribution >= 4 is 5.91 Å². The van der Waals surface area contributed by atoms with E-state index in [1.54, 1.807) is 13.0 Å². The van der Waals surface area contributed by atoms with Gasteiger partial charge in [-0.15, -0.1) is 0 Å². The van der Waals surface area contributed by atoms with Crippen LogP contribution in [-0.2, 0) is 0 Å². The molecule has 1 N–H and O–H groups in total. The fourth-order valence-electron chi connectivity index (χ4n) is 1.82. The lowest BCUT2D eigenvalue weighted by atomic mass is 10.1. The summed E-state index contributed by atoms with van der Waals surface area (Å²) in [5.74, 6) is -0.904. The lowest BCUT2D eigenvalue weighted by Gasteiger charge is -2.22. The summed E-state index contributed by atoms with van der Waals surface area (Å²) in [7, 11) is 0. The van der Waals surface area contributed by atoms with E-state index in [0.29, 0.717) is 16.2 Å². The molecule has 0 radical (unpaired) electrons. The quantitative estimate of drug-likeness (QED) is 0.918. The number of amides is 1. The van der Waals surface area contributed by atoms with E-state index < -0.39 is 24.2 Å². The molecular weight excluding hydrogens is 261 g/mol. The number of hydrogen-bond acceptors (Lipinski definition) is 2. The summed E-state index contributed by atoms with van der Waals surface area (Å²) in [6.07, 6.45) is -4.49. The molecule has 0 aliphatic carbocycles. The number of aromatic amines is 1. The summed E-state index contributed by atoms with van der Waals surface area (Å²) in [5, 5.41) is 0. The number of nitrogens with one attached hydrogen (secondary N) is 1. The van der Waals surface area contributed by atoms with Crippen LogP contribution in [-0.4, -0.2) is 35.1 Å². The number of carbonyl (C=O) groups excluding carboxylic acids is 1. The Balaban J connectivity index is 3.15. The van der Waals surface area contributed by atoms with Crippen LogP contribution in [0.4, 0.5) is 13.2 Å². The Hall–Kier alpha value is -1.79. The molecule has 0 aliphatic rings. The first-order chi connectivity index (χ1) is 8.65. The van der Waals surface area contributed by atoms with Crippen LogP contribution in [0.3, 0.4) is 0 Å². The third-order valence-electron chi connectivity index (χ3n) is 2.62. The minimum Gasteiger partial charge on any atom is -0.330 e. The highest BCUT2D eigenvalue weighted by Gasteiger charge is 2.33. The van der Waals surface area contributed by atoms with Gasteiger partial charge in [-0.3, -0.25) is 9.59 Å². The van der Waals surface area contributed by atoms with Crippen molar-refractivity contribution in [1.82, 2.24) is 9.88 Å². The summed E-state index contributed by atoms with van der Waals surface area (Å²) in [5.41, 5.74) is 0.0182. The van der Waals surface area contributed by atoms with Crippen molar-refractivity contribution in [3.8, 4) is 0 Å². The zero-order valence-corrected chi connectivity index (χ0v) is 10.9. The van der Waals surface area contributed by atoms with E-state index in [9.17, 15) is 22.8 Å². The van der Waals surface area contributed by atoms with Crippen LogP contribution in [0.2, 0.25) is 0 Å². The molecular formula is C12H15F3N2O2. The second-order valence-corrected chi connectivity index (χ2v) is 4.27. The number of hydrogen-bond donors (Lipinski definition) is 1. The minimum atomic E-state index is -4.49. The zero-order chi connectivity index (χ0) is 14.8. The van der Waals surface area contributed by atoms with Crippen LogP contribution in [0.25, 0.3) is 0 Å². The highest BCUT2D eigenvalue weighted by Crippen LogP contribution is 2.18. The van der Waals surface area contributed by atoms with Gasteiger partial charge in [-0.25, -0.2) is 0 Å². The molecule has 19 heavy (non-hydrogen) atoms. The molecule has 7 heteroatoms. The smallest absolute Gasteiger partial charge is 0.330 e. The summed E-state index contributed by atoms with van der Waals surface area (Å²) in [6, 6.07) is 1.55. The molecule has 0 bridgehead atoms. The minimum absolute atomic E-state index is 0.120. The Morgan fingerprint density at radius 2 is 1.95 bits per heavy atom. The number of halogens is 3.